The van der Waals surface area contributed by atoms with E-state index in [1.165, 1.54) is 12.8 Å². The average Bonchev–Trinajstić information content (AvgIpc) is 3.28. The third-order valence-corrected chi connectivity index (χ3v) is 5.42. The highest BCUT2D eigenvalue weighted by Crippen LogP contribution is 2.35. The molecular formula is C15H30IN3OS. The van der Waals surface area contributed by atoms with Gasteiger partial charge < -0.3 is 15.4 Å². The van der Waals surface area contributed by atoms with Crippen LogP contribution >= 0.6 is 35.7 Å². The van der Waals surface area contributed by atoms with Crippen LogP contribution in [0, 0.1) is 5.92 Å². The molecule has 1 aliphatic carbocycles. The Bertz CT molecular complexity index is 313. The van der Waals surface area contributed by atoms with Crippen molar-refractivity contribution < 1.29 is 4.74 Å². The summed E-state index contributed by atoms with van der Waals surface area (Å²) in [4.78, 5) is 4.85. The summed E-state index contributed by atoms with van der Waals surface area (Å²) in [6.07, 6.45) is 4.99. The van der Waals surface area contributed by atoms with Gasteiger partial charge >= 0.3 is 0 Å². The number of hydrogen-bond acceptors (Lipinski definition) is 3. The molecule has 0 radical (unpaired) electrons. The number of rotatable bonds is 7. The number of halogens is 1. The highest BCUT2D eigenvalue weighted by molar-refractivity contribution is 14.0. The van der Waals surface area contributed by atoms with E-state index in [2.05, 4.69) is 36.2 Å². The van der Waals surface area contributed by atoms with Crippen LogP contribution < -0.4 is 10.6 Å². The summed E-state index contributed by atoms with van der Waals surface area (Å²) in [5.74, 6) is 3.02. The Kier molecular flexibility index (Phi) is 9.36. The Morgan fingerprint density at radius 3 is 2.52 bits per heavy atom. The second kappa shape index (κ2) is 10.2. The van der Waals surface area contributed by atoms with Gasteiger partial charge in [-0.25, -0.2) is 0 Å². The zero-order valence-corrected chi connectivity index (χ0v) is 16.5. The highest BCUT2D eigenvalue weighted by atomic mass is 127. The smallest absolute Gasteiger partial charge is 0.191 e. The van der Waals surface area contributed by atoms with E-state index in [4.69, 9.17) is 9.73 Å². The van der Waals surface area contributed by atoms with Crippen LogP contribution in [0.4, 0.5) is 0 Å². The molecule has 1 heterocycles. The van der Waals surface area contributed by atoms with Gasteiger partial charge in [-0.05, 0) is 44.3 Å². The first-order valence-electron chi connectivity index (χ1n) is 8.02. The molecule has 0 spiro atoms. The first-order valence-corrected chi connectivity index (χ1v) is 9.00. The van der Waals surface area contributed by atoms with Crippen LogP contribution in [0.25, 0.3) is 0 Å². The minimum absolute atomic E-state index is 0. The number of nitrogens with one attached hydrogen (secondary N) is 2. The van der Waals surface area contributed by atoms with Crippen LogP contribution in [0.15, 0.2) is 4.99 Å². The van der Waals surface area contributed by atoms with Crippen LogP contribution in [0.5, 0.6) is 0 Å². The molecule has 1 aliphatic heterocycles. The summed E-state index contributed by atoms with van der Waals surface area (Å²) in [5.41, 5.74) is 0. The highest BCUT2D eigenvalue weighted by Gasteiger charge is 2.32. The lowest BCUT2D eigenvalue weighted by Crippen LogP contribution is -2.41. The van der Waals surface area contributed by atoms with E-state index < -0.39 is 0 Å². The number of nitrogens with zero attached hydrogens (tertiary/aromatic N) is 1. The first kappa shape index (κ1) is 19.4. The van der Waals surface area contributed by atoms with E-state index in [-0.39, 0.29) is 28.7 Å². The van der Waals surface area contributed by atoms with E-state index in [0.29, 0.717) is 0 Å². The summed E-state index contributed by atoms with van der Waals surface area (Å²) in [6.45, 7) is 9.02. The Morgan fingerprint density at radius 2 is 1.95 bits per heavy atom. The van der Waals surface area contributed by atoms with Crippen molar-refractivity contribution in [3.63, 3.8) is 0 Å². The maximum Gasteiger partial charge on any atom is 0.191 e. The van der Waals surface area contributed by atoms with E-state index >= 15 is 0 Å². The van der Waals surface area contributed by atoms with E-state index in [1.807, 2.05) is 0 Å². The fourth-order valence-electron chi connectivity index (χ4n) is 2.53. The van der Waals surface area contributed by atoms with Crippen LogP contribution in [-0.2, 0) is 4.74 Å². The van der Waals surface area contributed by atoms with Gasteiger partial charge in [0.1, 0.15) is 0 Å². The molecule has 6 heteroatoms. The number of thioether (sulfide) groups is 1. The Morgan fingerprint density at radius 1 is 1.24 bits per heavy atom. The van der Waals surface area contributed by atoms with Gasteiger partial charge in [0, 0.05) is 31.1 Å². The molecule has 2 rings (SSSR count). The van der Waals surface area contributed by atoms with Gasteiger partial charge in [0.15, 0.2) is 5.96 Å². The van der Waals surface area contributed by atoms with Gasteiger partial charge in [0.05, 0.1) is 6.54 Å². The van der Waals surface area contributed by atoms with E-state index in [9.17, 15) is 0 Å². The fourth-order valence-corrected chi connectivity index (χ4v) is 3.75. The second-order valence-corrected chi connectivity index (χ2v) is 7.48. The van der Waals surface area contributed by atoms with Crippen molar-refractivity contribution in [2.75, 3.05) is 38.6 Å². The summed E-state index contributed by atoms with van der Waals surface area (Å²) in [7, 11) is 0. The summed E-state index contributed by atoms with van der Waals surface area (Å²) in [6, 6.07) is 0. The monoisotopic (exact) mass is 427 g/mol. The standard InChI is InChI=1S/C15H29N3OS.HI/c1-3-16-14(17-11-13-5-6-13)18-12-15(20-4-2)7-9-19-10-8-15;/h13H,3-12H2,1-2H3,(H2,16,17,18);1H. The second-order valence-electron chi connectivity index (χ2n) is 5.75. The van der Waals surface area contributed by atoms with Crippen molar-refractivity contribution in [1.82, 2.24) is 10.6 Å². The van der Waals surface area contributed by atoms with Crippen molar-refractivity contribution in [2.45, 2.75) is 44.3 Å². The zero-order chi connectivity index (χ0) is 14.3. The van der Waals surface area contributed by atoms with Crippen molar-refractivity contribution in [1.29, 1.82) is 0 Å². The molecule has 4 nitrogen and oxygen atoms in total. The fraction of sp³-hybridized carbons (Fsp3) is 0.933. The lowest BCUT2D eigenvalue weighted by atomic mass is 9.99. The molecule has 0 unspecified atom stereocenters. The average molecular weight is 427 g/mol. The predicted molar refractivity (Wildman–Crippen MR) is 103 cm³/mol. The summed E-state index contributed by atoms with van der Waals surface area (Å²) >= 11 is 2.05. The maximum absolute atomic E-state index is 5.52. The molecule has 21 heavy (non-hydrogen) atoms. The largest absolute Gasteiger partial charge is 0.381 e. The molecule has 2 aliphatic rings. The molecule has 1 saturated heterocycles. The molecule has 1 saturated carbocycles. The first-order chi connectivity index (χ1) is 9.78. The SMILES string of the molecule is CCNC(=NCC1(SCC)CCOCC1)NCC1CC1.I. The molecule has 2 fully saturated rings. The molecule has 0 aromatic heterocycles. The molecule has 0 aromatic rings. The minimum Gasteiger partial charge on any atom is -0.381 e. The van der Waals surface area contributed by atoms with Gasteiger partial charge in [0.2, 0.25) is 0 Å². The van der Waals surface area contributed by atoms with Gasteiger partial charge in [-0.1, -0.05) is 6.92 Å². The Labute approximate surface area is 150 Å². The van der Waals surface area contributed by atoms with Crippen LogP contribution in [0.2, 0.25) is 0 Å². The lowest BCUT2D eigenvalue weighted by Gasteiger charge is -2.35. The van der Waals surface area contributed by atoms with Gasteiger partial charge in [-0.2, -0.15) is 11.8 Å². The normalized spacial score (nSPS) is 21.5. The molecule has 0 aromatic carbocycles. The number of aliphatic imine (C=N–C) groups is 1. The van der Waals surface area contributed by atoms with Crippen molar-refractivity contribution in [3.05, 3.63) is 0 Å². The van der Waals surface area contributed by atoms with Gasteiger partial charge in [-0.3, -0.25) is 4.99 Å². The molecule has 0 amide bonds. The van der Waals surface area contributed by atoms with Gasteiger partial charge in [-0.15, -0.1) is 24.0 Å². The van der Waals surface area contributed by atoms with Crippen molar-refractivity contribution in [2.24, 2.45) is 10.9 Å². The quantitative estimate of drug-likeness (QED) is 0.373. The molecule has 124 valence electrons. The van der Waals surface area contributed by atoms with E-state index in [0.717, 1.165) is 63.3 Å². The Hall–Kier alpha value is 0.310. The van der Waals surface area contributed by atoms with Crippen molar-refractivity contribution in [3.8, 4) is 0 Å². The number of hydrogen-bond donors (Lipinski definition) is 2. The van der Waals surface area contributed by atoms with Crippen molar-refractivity contribution >= 4 is 41.7 Å². The predicted octanol–water partition coefficient (Wildman–Crippen LogP) is 2.87. The number of guanidine groups is 1. The van der Waals surface area contributed by atoms with E-state index in [1.54, 1.807) is 0 Å². The van der Waals surface area contributed by atoms with Crippen LogP contribution in [-0.4, -0.2) is 49.3 Å². The maximum atomic E-state index is 5.52. The molecule has 0 atom stereocenters. The van der Waals surface area contributed by atoms with Gasteiger partial charge in [0.25, 0.3) is 0 Å². The molecule has 2 N–H and O–H groups in total. The third-order valence-electron chi connectivity index (χ3n) is 3.98. The minimum atomic E-state index is 0. The topological polar surface area (TPSA) is 45.7 Å². The Balaban J connectivity index is 0.00000220. The molecular weight excluding hydrogens is 397 g/mol. The van der Waals surface area contributed by atoms with Crippen LogP contribution in [0.3, 0.4) is 0 Å². The lowest BCUT2D eigenvalue weighted by molar-refractivity contribution is 0.0793. The summed E-state index contributed by atoms with van der Waals surface area (Å²) in [5, 5.41) is 6.84. The number of ether oxygens (including phenoxy) is 1. The van der Waals surface area contributed by atoms with Crippen LogP contribution in [0.1, 0.15) is 39.5 Å². The molecule has 0 bridgehead atoms. The third kappa shape index (κ3) is 6.95. The zero-order valence-electron chi connectivity index (χ0n) is 13.3. The summed E-state index contributed by atoms with van der Waals surface area (Å²) < 4.78 is 5.81.